The van der Waals surface area contributed by atoms with Gasteiger partial charge in [0, 0.05) is 18.8 Å². The first-order chi connectivity index (χ1) is 7.81. The summed E-state index contributed by atoms with van der Waals surface area (Å²) in [6.07, 6.45) is 4.05. The van der Waals surface area contributed by atoms with Crippen LogP contribution in [0.1, 0.15) is 31.7 Å². The fourth-order valence-corrected chi connectivity index (χ4v) is 2.41. The zero-order chi connectivity index (χ0) is 11.4. The second-order valence-electron chi connectivity index (χ2n) is 4.60. The van der Waals surface area contributed by atoms with Crippen molar-refractivity contribution in [2.45, 2.75) is 38.7 Å². The molecule has 1 aromatic rings. The Morgan fingerprint density at radius 2 is 1.94 bits per heavy atom. The lowest BCUT2D eigenvalue weighted by molar-refractivity contribution is 0.145. The molecular weight excluding hydrogens is 198 g/mol. The highest BCUT2D eigenvalue weighted by molar-refractivity contribution is 5.54. The van der Waals surface area contributed by atoms with Gasteiger partial charge in [0.05, 0.1) is 6.10 Å². The van der Waals surface area contributed by atoms with Crippen LogP contribution in [0.25, 0.3) is 0 Å². The van der Waals surface area contributed by atoms with E-state index in [0.717, 1.165) is 32.4 Å². The van der Waals surface area contributed by atoms with E-state index in [1.807, 2.05) is 0 Å². The molecule has 1 aromatic carbocycles. The molecule has 88 valence electrons. The predicted molar refractivity (Wildman–Crippen MR) is 67.9 cm³/mol. The van der Waals surface area contributed by atoms with Crippen LogP contribution in [0, 0.1) is 0 Å². The van der Waals surface area contributed by atoms with Crippen molar-refractivity contribution in [1.82, 2.24) is 0 Å². The largest absolute Gasteiger partial charge is 0.393 e. The molecule has 1 aliphatic heterocycles. The molecule has 0 radical (unpaired) electrons. The molecule has 0 aliphatic carbocycles. The molecule has 0 spiro atoms. The van der Waals surface area contributed by atoms with E-state index in [0.29, 0.717) is 0 Å². The molecule has 0 unspecified atom stereocenters. The third-order valence-electron chi connectivity index (χ3n) is 3.32. The number of para-hydroxylation sites is 1. The van der Waals surface area contributed by atoms with Crippen LogP contribution < -0.4 is 4.90 Å². The standard InChI is InChI=1S/C14H21NO/c1-2-5-12-6-3-4-7-14(12)15-10-8-13(16)9-11-15/h3-4,6-7,13,16H,2,5,8-11H2,1H3. The first-order valence-electron chi connectivity index (χ1n) is 6.32. The molecule has 0 amide bonds. The SMILES string of the molecule is CCCc1ccccc1N1CCC(O)CC1. The lowest BCUT2D eigenvalue weighted by Crippen LogP contribution is -2.36. The number of nitrogens with zero attached hydrogens (tertiary/aromatic N) is 1. The molecule has 0 bridgehead atoms. The maximum Gasteiger partial charge on any atom is 0.0574 e. The molecule has 16 heavy (non-hydrogen) atoms. The molecule has 0 atom stereocenters. The second kappa shape index (κ2) is 5.35. The molecule has 0 saturated carbocycles. The summed E-state index contributed by atoms with van der Waals surface area (Å²) < 4.78 is 0. The first kappa shape index (κ1) is 11.5. The van der Waals surface area contributed by atoms with Gasteiger partial charge in [0.2, 0.25) is 0 Å². The van der Waals surface area contributed by atoms with Crippen molar-refractivity contribution in [1.29, 1.82) is 0 Å². The molecule has 2 heteroatoms. The van der Waals surface area contributed by atoms with Gasteiger partial charge in [0.15, 0.2) is 0 Å². The van der Waals surface area contributed by atoms with Gasteiger partial charge in [-0.1, -0.05) is 31.5 Å². The van der Waals surface area contributed by atoms with Crippen molar-refractivity contribution in [3.05, 3.63) is 29.8 Å². The zero-order valence-electron chi connectivity index (χ0n) is 10.0. The van der Waals surface area contributed by atoms with Gasteiger partial charge in [-0.15, -0.1) is 0 Å². The topological polar surface area (TPSA) is 23.5 Å². The average molecular weight is 219 g/mol. The zero-order valence-corrected chi connectivity index (χ0v) is 10.0. The number of benzene rings is 1. The van der Waals surface area contributed by atoms with Crippen molar-refractivity contribution in [2.75, 3.05) is 18.0 Å². The molecule has 1 N–H and O–H groups in total. The van der Waals surface area contributed by atoms with Crippen LogP contribution in [0.15, 0.2) is 24.3 Å². The average Bonchev–Trinajstić information content (AvgIpc) is 2.32. The Balaban J connectivity index is 2.13. The third-order valence-corrected chi connectivity index (χ3v) is 3.32. The Labute approximate surface area is 97.9 Å². The minimum atomic E-state index is -0.0883. The normalized spacial score (nSPS) is 17.8. The highest BCUT2D eigenvalue weighted by atomic mass is 16.3. The summed E-state index contributed by atoms with van der Waals surface area (Å²) >= 11 is 0. The lowest BCUT2D eigenvalue weighted by Gasteiger charge is -2.33. The van der Waals surface area contributed by atoms with Crippen molar-refractivity contribution in [2.24, 2.45) is 0 Å². The summed E-state index contributed by atoms with van der Waals surface area (Å²) in [5.74, 6) is 0. The van der Waals surface area contributed by atoms with E-state index >= 15 is 0 Å². The maximum absolute atomic E-state index is 9.52. The minimum absolute atomic E-state index is 0.0883. The van der Waals surface area contributed by atoms with E-state index in [9.17, 15) is 5.11 Å². The van der Waals surface area contributed by atoms with E-state index in [2.05, 4.69) is 36.1 Å². The van der Waals surface area contributed by atoms with Crippen molar-refractivity contribution >= 4 is 5.69 Å². The molecule has 1 saturated heterocycles. The fraction of sp³-hybridized carbons (Fsp3) is 0.571. The summed E-state index contributed by atoms with van der Waals surface area (Å²) in [5, 5.41) is 9.52. The van der Waals surface area contributed by atoms with Crippen LogP contribution in [-0.4, -0.2) is 24.3 Å². The van der Waals surface area contributed by atoms with E-state index in [-0.39, 0.29) is 6.10 Å². The summed E-state index contributed by atoms with van der Waals surface area (Å²) in [4.78, 5) is 2.41. The van der Waals surface area contributed by atoms with Gasteiger partial charge in [-0.3, -0.25) is 0 Å². The van der Waals surface area contributed by atoms with Crippen LogP contribution in [0.5, 0.6) is 0 Å². The van der Waals surface area contributed by atoms with Gasteiger partial charge in [-0.2, -0.15) is 0 Å². The molecular formula is C14H21NO. The first-order valence-corrected chi connectivity index (χ1v) is 6.32. The predicted octanol–water partition coefficient (Wildman–Crippen LogP) is 2.60. The monoisotopic (exact) mass is 219 g/mol. The number of aliphatic hydroxyl groups is 1. The fourth-order valence-electron chi connectivity index (χ4n) is 2.41. The summed E-state index contributed by atoms with van der Waals surface area (Å²) in [7, 11) is 0. The van der Waals surface area contributed by atoms with Crippen molar-refractivity contribution in [3.63, 3.8) is 0 Å². The van der Waals surface area contributed by atoms with E-state index < -0.39 is 0 Å². The molecule has 1 aliphatic rings. The van der Waals surface area contributed by atoms with E-state index in [4.69, 9.17) is 0 Å². The molecule has 1 fully saturated rings. The highest BCUT2D eigenvalue weighted by Crippen LogP contribution is 2.25. The Morgan fingerprint density at radius 1 is 1.25 bits per heavy atom. The van der Waals surface area contributed by atoms with Gasteiger partial charge >= 0.3 is 0 Å². The third kappa shape index (κ3) is 2.56. The molecule has 2 nitrogen and oxygen atoms in total. The summed E-state index contributed by atoms with van der Waals surface area (Å²) in [6, 6.07) is 8.67. The van der Waals surface area contributed by atoms with Crippen LogP contribution in [0.3, 0.4) is 0 Å². The number of anilines is 1. The Hall–Kier alpha value is -1.02. The van der Waals surface area contributed by atoms with Crippen LogP contribution in [0.4, 0.5) is 5.69 Å². The van der Waals surface area contributed by atoms with Crippen LogP contribution in [-0.2, 0) is 6.42 Å². The Kier molecular flexibility index (Phi) is 3.83. The number of aryl methyl sites for hydroxylation is 1. The van der Waals surface area contributed by atoms with Crippen molar-refractivity contribution < 1.29 is 5.11 Å². The summed E-state index contributed by atoms with van der Waals surface area (Å²) in [6.45, 7) is 4.19. The highest BCUT2D eigenvalue weighted by Gasteiger charge is 2.18. The molecule has 2 rings (SSSR count). The van der Waals surface area contributed by atoms with Crippen LogP contribution in [0.2, 0.25) is 0 Å². The van der Waals surface area contributed by atoms with Gasteiger partial charge in [-0.05, 0) is 30.9 Å². The quantitative estimate of drug-likeness (QED) is 0.844. The van der Waals surface area contributed by atoms with Crippen LogP contribution >= 0.6 is 0 Å². The molecule has 1 heterocycles. The number of aliphatic hydroxyl groups excluding tert-OH is 1. The maximum atomic E-state index is 9.52. The number of rotatable bonds is 3. The summed E-state index contributed by atoms with van der Waals surface area (Å²) in [5.41, 5.74) is 2.82. The van der Waals surface area contributed by atoms with Gasteiger partial charge in [-0.25, -0.2) is 0 Å². The van der Waals surface area contributed by atoms with Crippen molar-refractivity contribution in [3.8, 4) is 0 Å². The number of piperidine rings is 1. The van der Waals surface area contributed by atoms with E-state index in [1.165, 1.54) is 17.7 Å². The lowest BCUT2D eigenvalue weighted by atomic mass is 10.0. The van der Waals surface area contributed by atoms with Gasteiger partial charge in [0.25, 0.3) is 0 Å². The Morgan fingerprint density at radius 3 is 2.62 bits per heavy atom. The Bertz CT molecular complexity index is 329. The second-order valence-corrected chi connectivity index (χ2v) is 4.60. The minimum Gasteiger partial charge on any atom is -0.393 e. The number of hydrogen-bond acceptors (Lipinski definition) is 2. The number of hydrogen-bond donors (Lipinski definition) is 1. The van der Waals surface area contributed by atoms with Gasteiger partial charge in [0.1, 0.15) is 0 Å². The molecule has 0 aromatic heterocycles. The van der Waals surface area contributed by atoms with Gasteiger partial charge < -0.3 is 10.0 Å². The smallest absolute Gasteiger partial charge is 0.0574 e. The van der Waals surface area contributed by atoms with E-state index in [1.54, 1.807) is 0 Å².